The lowest BCUT2D eigenvalue weighted by Gasteiger charge is -2.15. The number of benzene rings is 1. The van der Waals surface area contributed by atoms with E-state index in [1.807, 2.05) is 18.2 Å². The van der Waals surface area contributed by atoms with Crippen LogP contribution in [0, 0.1) is 0 Å². The molecule has 1 rings (SSSR count). The van der Waals surface area contributed by atoms with Gasteiger partial charge in [-0.25, -0.2) is 0 Å². The number of aliphatic hydroxyl groups excluding tert-OH is 1. The van der Waals surface area contributed by atoms with E-state index in [1.54, 1.807) is 20.3 Å². The zero-order chi connectivity index (χ0) is 20.6. The second kappa shape index (κ2) is 14.9. The van der Waals surface area contributed by atoms with Gasteiger partial charge in [-0.3, -0.25) is 4.79 Å². The number of carbonyl (C=O) groups excluding carboxylic acids is 1. The zero-order valence-electron chi connectivity index (χ0n) is 17.5. The molecule has 28 heavy (non-hydrogen) atoms. The molecule has 0 saturated carbocycles. The number of esters is 1. The first-order chi connectivity index (χ1) is 13.6. The Balaban J connectivity index is 2.16. The molecule has 1 aromatic rings. The van der Waals surface area contributed by atoms with Gasteiger partial charge in [0.1, 0.15) is 0 Å². The second-order valence-electron chi connectivity index (χ2n) is 6.81. The Kier molecular flexibility index (Phi) is 12.8. The summed E-state index contributed by atoms with van der Waals surface area (Å²) >= 11 is 0. The van der Waals surface area contributed by atoms with E-state index >= 15 is 0 Å². The van der Waals surface area contributed by atoms with Crippen LogP contribution in [-0.4, -0.2) is 56.9 Å². The molecule has 0 aliphatic rings. The van der Waals surface area contributed by atoms with Crippen molar-refractivity contribution >= 4 is 12.0 Å². The maximum absolute atomic E-state index is 11.8. The summed E-state index contributed by atoms with van der Waals surface area (Å²) in [5.74, 6) is 1.08. The monoisotopic (exact) mass is 393 g/mol. The number of hydrogen-bond donors (Lipinski definition) is 1. The Morgan fingerprint density at radius 2 is 1.68 bits per heavy atom. The Morgan fingerprint density at radius 3 is 2.32 bits per heavy atom. The van der Waals surface area contributed by atoms with Crippen LogP contribution in [0.5, 0.6) is 11.5 Å². The number of aliphatic hydroxyl groups is 1. The van der Waals surface area contributed by atoms with Crippen molar-refractivity contribution in [1.82, 2.24) is 4.90 Å². The molecular formula is C22H35NO5. The average Bonchev–Trinajstić information content (AvgIpc) is 2.70. The summed E-state index contributed by atoms with van der Waals surface area (Å²) < 4.78 is 15.6. The Morgan fingerprint density at radius 1 is 1.00 bits per heavy atom. The lowest BCUT2D eigenvalue weighted by Crippen LogP contribution is -2.21. The molecule has 0 aliphatic carbocycles. The summed E-state index contributed by atoms with van der Waals surface area (Å²) in [5, 5.41) is 8.76. The summed E-state index contributed by atoms with van der Waals surface area (Å²) in [7, 11) is 5.29. The molecule has 0 heterocycles. The molecule has 0 unspecified atom stereocenters. The van der Waals surface area contributed by atoms with Crippen LogP contribution in [0.1, 0.15) is 50.5 Å². The van der Waals surface area contributed by atoms with Gasteiger partial charge >= 0.3 is 5.97 Å². The summed E-state index contributed by atoms with van der Waals surface area (Å²) in [6.45, 7) is 2.37. The van der Waals surface area contributed by atoms with Gasteiger partial charge in [-0.1, -0.05) is 12.5 Å². The minimum Gasteiger partial charge on any atom is -0.493 e. The molecule has 6 heteroatoms. The first kappa shape index (κ1) is 24.0. The molecule has 1 N–H and O–H groups in total. The average molecular weight is 394 g/mol. The predicted octanol–water partition coefficient (Wildman–Crippen LogP) is 3.87. The van der Waals surface area contributed by atoms with Crippen LogP contribution in [-0.2, 0) is 9.53 Å². The van der Waals surface area contributed by atoms with Crippen LogP contribution >= 0.6 is 0 Å². The highest BCUT2D eigenvalue weighted by Crippen LogP contribution is 2.27. The lowest BCUT2D eigenvalue weighted by molar-refractivity contribution is -0.138. The zero-order valence-corrected chi connectivity index (χ0v) is 17.5. The van der Waals surface area contributed by atoms with Crippen LogP contribution in [0.3, 0.4) is 0 Å². The standard InChI is InChI=1S/C22H35NO5/c1-23(15-8-5-9-16-24)14-7-4-6-10-22(25)28-17-13-19-11-12-20(26-2)21(18-19)27-3/h11-13,17-18,24H,4-10,14-16H2,1-3H3/b17-13+. The van der Waals surface area contributed by atoms with Gasteiger partial charge in [0.05, 0.1) is 20.5 Å². The highest BCUT2D eigenvalue weighted by molar-refractivity contribution is 5.70. The summed E-state index contributed by atoms with van der Waals surface area (Å²) in [5.41, 5.74) is 0.868. The molecule has 0 aromatic heterocycles. The van der Waals surface area contributed by atoms with E-state index in [1.165, 1.54) is 6.26 Å². The molecule has 0 radical (unpaired) electrons. The predicted molar refractivity (Wildman–Crippen MR) is 112 cm³/mol. The van der Waals surface area contributed by atoms with Crippen molar-refractivity contribution in [3.63, 3.8) is 0 Å². The fourth-order valence-electron chi connectivity index (χ4n) is 2.81. The molecule has 158 valence electrons. The molecule has 0 fully saturated rings. The fourth-order valence-corrected chi connectivity index (χ4v) is 2.81. The van der Waals surface area contributed by atoms with Gasteiger partial charge in [0.15, 0.2) is 11.5 Å². The third kappa shape index (κ3) is 10.3. The minimum atomic E-state index is -0.214. The first-order valence-corrected chi connectivity index (χ1v) is 9.98. The number of carbonyl (C=O) groups is 1. The summed E-state index contributed by atoms with van der Waals surface area (Å²) in [4.78, 5) is 14.1. The number of nitrogens with zero attached hydrogens (tertiary/aromatic N) is 1. The molecular weight excluding hydrogens is 358 g/mol. The molecule has 0 spiro atoms. The normalized spacial score (nSPS) is 11.2. The summed E-state index contributed by atoms with van der Waals surface area (Å²) in [6.07, 6.45) is 9.57. The van der Waals surface area contributed by atoms with Crippen molar-refractivity contribution in [2.75, 3.05) is 41.0 Å². The third-order valence-electron chi connectivity index (χ3n) is 4.49. The van der Waals surface area contributed by atoms with Crippen LogP contribution in [0.2, 0.25) is 0 Å². The van der Waals surface area contributed by atoms with Gasteiger partial charge in [0.25, 0.3) is 0 Å². The van der Waals surface area contributed by atoms with E-state index in [0.717, 1.165) is 57.2 Å². The number of rotatable bonds is 15. The highest BCUT2D eigenvalue weighted by Gasteiger charge is 2.04. The van der Waals surface area contributed by atoms with Crippen LogP contribution in [0.15, 0.2) is 24.5 Å². The quantitative estimate of drug-likeness (QED) is 0.277. The Bertz CT molecular complexity index is 588. The smallest absolute Gasteiger partial charge is 0.310 e. The van der Waals surface area contributed by atoms with E-state index in [9.17, 15) is 4.79 Å². The van der Waals surface area contributed by atoms with Crippen molar-refractivity contribution < 1.29 is 24.1 Å². The lowest BCUT2D eigenvalue weighted by atomic mass is 10.2. The van der Waals surface area contributed by atoms with Crippen LogP contribution in [0.25, 0.3) is 6.08 Å². The highest BCUT2D eigenvalue weighted by atomic mass is 16.5. The van der Waals surface area contributed by atoms with Gasteiger partial charge in [-0.15, -0.1) is 0 Å². The van der Waals surface area contributed by atoms with E-state index in [4.69, 9.17) is 19.3 Å². The van der Waals surface area contributed by atoms with Gasteiger partial charge in [-0.2, -0.15) is 0 Å². The molecule has 0 atom stereocenters. The molecule has 0 aliphatic heterocycles. The van der Waals surface area contributed by atoms with Crippen molar-refractivity contribution in [3.8, 4) is 11.5 Å². The van der Waals surface area contributed by atoms with E-state index < -0.39 is 0 Å². The number of methoxy groups -OCH3 is 2. The third-order valence-corrected chi connectivity index (χ3v) is 4.49. The van der Waals surface area contributed by atoms with Crippen molar-refractivity contribution in [2.45, 2.75) is 44.9 Å². The maximum Gasteiger partial charge on any atom is 0.310 e. The molecule has 0 bridgehead atoms. The topological polar surface area (TPSA) is 68.2 Å². The van der Waals surface area contributed by atoms with Crippen molar-refractivity contribution in [2.24, 2.45) is 0 Å². The number of hydrogen-bond acceptors (Lipinski definition) is 6. The Labute approximate surface area is 169 Å². The van der Waals surface area contributed by atoms with E-state index in [-0.39, 0.29) is 12.6 Å². The van der Waals surface area contributed by atoms with E-state index in [2.05, 4.69) is 11.9 Å². The number of ether oxygens (including phenoxy) is 3. The van der Waals surface area contributed by atoms with Crippen LogP contribution in [0.4, 0.5) is 0 Å². The largest absolute Gasteiger partial charge is 0.493 e. The van der Waals surface area contributed by atoms with Crippen molar-refractivity contribution in [3.05, 3.63) is 30.0 Å². The van der Waals surface area contributed by atoms with E-state index in [0.29, 0.717) is 17.9 Å². The second-order valence-corrected chi connectivity index (χ2v) is 6.81. The van der Waals surface area contributed by atoms with Crippen LogP contribution < -0.4 is 9.47 Å². The van der Waals surface area contributed by atoms with Gasteiger partial charge in [0, 0.05) is 13.0 Å². The number of unbranched alkanes of at least 4 members (excludes halogenated alkanes) is 4. The maximum atomic E-state index is 11.8. The summed E-state index contributed by atoms with van der Waals surface area (Å²) in [6, 6.07) is 5.50. The minimum absolute atomic E-state index is 0.214. The van der Waals surface area contributed by atoms with Crippen molar-refractivity contribution in [1.29, 1.82) is 0 Å². The Hall–Kier alpha value is -2.05. The first-order valence-electron chi connectivity index (χ1n) is 9.98. The van der Waals surface area contributed by atoms with Gasteiger partial charge in [-0.05, 0) is 76.0 Å². The molecule has 6 nitrogen and oxygen atoms in total. The van der Waals surface area contributed by atoms with Gasteiger partial charge in [0.2, 0.25) is 0 Å². The fraction of sp³-hybridized carbons (Fsp3) is 0.591. The van der Waals surface area contributed by atoms with Gasteiger partial charge < -0.3 is 24.2 Å². The molecule has 1 aromatic carbocycles. The molecule has 0 saturated heterocycles. The SMILES string of the molecule is COc1ccc(/C=C/OC(=O)CCCCCN(C)CCCCCO)cc1OC. The molecule has 0 amide bonds.